The summed E-state index contributed by atoms with van der Waals surface area (Å²) in [6, 6.07) is 1.47. The third-order valence-corrected chi connectivity index (χ3v) is 4.77. The molecule has 0 spiro atoms. The van der Waals surface area contributed by atoms with E-state index in [1.165, 1.54) is 38.6 Å². The minimum absolute atomic E-state index is 0.642. The highest BCUT2D eigenvalue weighted by Gasteiger charge is 2.25. The van der Waals surface area contributed by atoms with Gasteiger partial charge in [-0.2, -0.15) is 0 Å². The van der Waals surface area contributed by atoms with Gasteiger partial charge in [-0.25, -0.2) is 0 Å². The molecule has 1 rings (SSSR count). The fourth-order valence-electron chi connectivity index (χ4n) is 3.23. The molecule has 1 fully saturated rings. The van der Waals surface area contributed by atoms with Crippen molar-refractivity contribution in [2.75, 3.05) is 20.1 Å². The molecule has 1 aliphatic rings. The molecule has 0 radical (unpaired) electrons. The number of hydrogen-bond donors (Lipinski definition) is 1. The summed E-state index contributed by atoms with van der Waals surface area (Å²) in [4.78, 5) is 2.61. The fraction of sp³-hybridized carbons (Fsp3) is 1.00. The molecule has 1 aliphatic carbocycles. The van der Waals surface area contributed by atoms with E-state index in [4.69, 9.17) is 0 Å². The highest BCUT2D eigenvalue weighted by Crippen LogP contribution is 2.29. The summed E-state index contributed by atoms with van der Waals surface area (Å²) in [6.45, 7) is 11.5. The molecular weight excluding hydrogens is 220 g/mol. The summed E-state index contributed by atoms with van der Waals surface area (Å²) < 4.78 is 0. The van der Waals surface area contributed by atoms with Crippen LogP contribution in [0.15, 0.2) is 0 Å². The van der Waals surface area contributed by atoms with Crippen LogP contribution in [-0.2, 0) is 0 Å². The van der Waals surface area contributed by atoms with Gasteiger partial charge in [0.05, 0.1) is 0 Å². The first-order valence-corrected chi connectivity index (χ1v) is 8.02. The van der Waals surface area contributed by atoms with E-state index in [1.54, 1.807) is 0 Å². The SMILES string of the molecule is CCNC(CN(C)C1CCC(CC)CC1)C(C)C. The number of hydrogen-bond acceptors (Lipinski definition) is 2. The van der Waals surface area contributed by atoms with Crippen molar-refractivity contribution in [2.45, 2.75) is 71.9 Å². The lowest BCUT2D eigenvalue weighted by atomic mass is 9.84. The second-order valence-electron chi connectivity index (χ2n) is 6.43. The molecule has 1 saturated carbocycles. The topological polar surface area (TPSA) is 15.3 Å². The maximum absolute atomic E-state index is 3.63. The number of likely N-dealkylation sites (N-methyl/N-ethyl adjacent to an activating group) is 2. The molecule has 0 amide bonds. The van der Waals surface area contributed by atoms with Crippen LogP contribution in [0.25, 0.3) is 0 Å². The molecule has 2 heteroatoms. The largest absolute Gasteiger partial charge is 0.313 e. The van der Waals surface area contributed by atoms with Gasteiger partial charge in [0.15, 0.2) is 0 Å². The van der Waals surface area contributed by atoms with Crippen molar-refractivity contribution in [3.8, 4) is 0 Å². The van der Waals surface area contributed by atoms with E-state index in [0.29, 0.717) is 6.04 Å². The predicted molar refractivity (Wildman–Crippen MR) is 81.0 cm³/mol. The number of nitrogens with zero attached hydrogens (tertiary/aromatic N) is 1. The predicted octanol–water partition coefficient (Wildman–Crippen LogP) is 3.52. The summed E-state index contributed by atoms with van der Waals surface area (Å²) >= 11 is 0. The Labute approximate surface area is 115 Å². The highest BCUT2D eigenvalue weighted by molar-refractivity contribution is 4.81. The number of nitrogens with one attached hydrogen (secondary N) is 1. The van der Waals surface area contributed by atoms with E-state index in [0.717, 1.165) is 24.4 Å². The van der Waals surface area contributed by atoms with Crippen LogP contribution in [0.5, 0.6) is 0 Å². The maximum Gasteiger partial charge on any atom is 0.0217 e. The monoisotopic (exact) mass is 254 g/mol. The Hall–Kier alpha value is -0.0800. The van der Waals surface area contributed by atoms with Gasteiger partial charge in [0.25, 0.3) is 0 Å². The van der Waals surface area contributed by atoms with Gasteiger partial charge in [0.2, 0.25) is 0 Å². The van der Waals surface area contributed by atoms with Gasteiger partial charge in [-0.05, 0) is 51.1 Å². The van der Waals surface area contributed by atoms with Crippen molar-refractivity contribution in [1.82, 2.24) is 10.2 Å². The average molecular weight is 254 g/mol. The first-order chi connectivity index (χ1) is 8.58. The first kappa shape index (κ1) is 16.0. The highest BCUT2D eigenvalue weighted by atomic mass is 15.2. The van der Waals surface area contributed by atoms with Gasteiger partial charge < -0.3 is 10.2 Å². The van der Waals surface area contributed by atoms with Crippen LogP contribution < -0.4 is 5.32 Å². The third kappa shape index (κ3) is 4.89. The molecule has 18 heavy (non-hydrogen) atoms. The molecule has 0 aliphatic heterocycles. The molecule has 0 aromatic carbocycles. The van der Waals surface area contributed by atoms with E-state index in [1.807, 2.05) is 0 Å². The molecular formula is C16H34N2. The maximum atomic E-state index is 3.63. The standard InChI is InChI=1S/C16H34N2/c1-6-14-8-10-15(11-9-14)18(5)12-16(13(3)4)17-7-2/h13-17H,6-12H2,1-5H3. The number of rotatable bonds is 7. The van der Waals surface area contributed by atoms with Crippen molar-refractivity contribution in [2.24, 2.45) is 11.8 Å². The normalized spacial score (nSPS) is 26.8. The zero-order valence-electron chi connectivity index (χ0n) is 13.2. The molecule has 1 atom stereocenters. The van der Waals surface area contributed by atoms with Crippen LogP contribution in [0.4, 0.5) is 0 Å². The summed E-state index contributed by atoms with van der Waals surface area (Å²) in [6.07, 6.45) is 7.08. The third-order valence-electron chi connectivity index (χ3n) is 4.77. The van der Waals surface area contributed by atoms with Gasteiger partial charge in [-0.15, -0.1) is 0 Å². The molecule has 0 aromatic rings. The van der Waals surface area contributed by atoms with Crippen LogP contribution >= 0.6 is 0 Å². The van der Waals surface area contributed by atoms with Crippen LogP contribution in [0.3, 0.4) is 0 Å². The summed E-state index contributed by atoms with van der Waals surface area (Å²) in [5, 5.41) is 3.63. The minimum Gasteiger partial charge on any atom is -0.313 e. The Morgan fingerprint density at radius 2 is 1.72 bits per heavy atom. The van der Waals surface area contributed by atoms with E-state index < -0.39 is 0 Å². The Kier molecular flexibility index (Phi) is 7.25. The summed E-state index contributed by atoms with van der Waals surface area (Å²) in [7, 11) is 2.32. The van der Waals surface area contributed by atoms with Crippen LogP contribution in [0.1, 0.15) is 59.8 Å². The van der Waals surface area contributed by atoms with Gasteiger partial charge in [-0.1, -0.05) is 34.1 Å². The second kappa shape index (κ2) is 8.16. The molecule has 0 saturated heterocycles. The molecule has 0 bridgehead atoms. The zero-order valence-corrected chi connectivity index (χ0v) is 13.2. The van der Waals surface area contributed by atoms with Gasteiger partial charge >= 0.3 is 0 Å². The Morgan fingerprint density at radius 1 is 1.11 bits per heavy atom. The van der Waals surface area contributed by atoms with Gasteiger partial charge in [0, 0.05) is 18.6 Å². The van der Waals surface area contributed by atoms with Gasteiger partial charge in [0.1, 0.15) is 0 Å². The molecule has 1 N–H and O–H groups in total. The molecule has 108 valence electrons. The van der Waals surface area contributed by atoms with Crippen molar-refractivity contribution >= 4 is 0 Å². The van der Waals surface area contributed by atoms with E-state index in [2.05, 4.69) is 45.0 Å². The lowest BCUT2D eigenvalue weighted by molar-refractivity contribution is 0.142. The second-order valence-corrected chi connectivity index (χ2v) is 6.43. The Morgan fingerprint density at radius 3 is 2.17 bits per heavy atom. The lowest BCUT2D eigenvalue weighted by Crippen LogP contribution is -2.47. The molecule has 0 aromatic heterocycles. The smallest absolute Gasteiger partial charge is 0.0217 e. The molecule has 2 nitrogen and oxygen atoms in total. The van der Waals surface area contributed by atoms with E-state index in [9.17, 15) is 0 Å². The minimum atomic E-state index is 0.642. The van der Waals surface area contributed by atoms with E-state index >= 15 is 0 Å². The summed E-state index contributed by atoms with van der Waals surface area (Å²) in [5.74, 6) is 1.73. The van der Waals surface area contributed by atoms with Crippen LogP contribution in [0.2, 0.25) is 0 Å². The lowest BCUT2D eigenvalue weighted by Gasteiger charge is -2.37. The average Bonchev–Trinajstić information content (AvgIpc) is 2.38. The molecule has 0 heterocycles. The Bertz CT molecular complexity index is 207. The van der Waals surface area contributed by atoms with Crippen molar-refractivity contribution in [1.29, 1.82) is 0 Å². The van der Waals surface area contributed by atoms with Crippen LogP contribution in [0, 0.1) is 11.8 Å². The molecule has 1 unspecified atom stereocenters. The van der Waals surface area contributed by atoms with Crippen molar-refractivity contribution < 1.29 is 0 Å². The quantitative estimate of drug-likeness (QED) is 0.748. The fourth-order valence-corrected chi connectivity index (χ4v) is 3.23. The summed E-state index contributed by atoms with van der Waals surface area (Å²) in [5.41, 5.74) is 0. The van der Waals surface area contributed by atoms with Crippen molar-refractivity contribution in [3.05, 3.63) is 0 Å². The first-order valence-electron chi connectivity index (χ1n) is 8.02. The zero-order chi connectivity index (χ0) is 13.5. The van der Waals surface area contributed by atoms with Crippen molar-refractivity contribution in [3.63, 3.8) is 0 Å². The van der Waals surface area contributed by atoms with Crippen LogP contribution in [-0.4, -0.2) is 37.1 Å². The van der Waals surface area contributed by atoms with E-state index in [-0.39, 0.29) is 0 Å². The Balaban J connectivity index is 2.37. The van der Waals surface area contributed by atoms with Gasteiger partial charge in [-0.3, -0.25) is 0 Å².